The quantitative estimate of drug-likeness (QED) is 0.734. The molecule has 0 saturated carbocycles. The third-order valence-electron chi connectivity index (χ3n) is 4.80. The number of ether oxygens (including phenoxy) is 1. The second-order valence-electron chi connectivity index (χ2n) is 6.80. The minimum Gasteiger partial charge on any atom is -0.486 e. The predicted octanol–water partition coefficient (Wildman–Crippen LogP) is 4.73. The fraction of sp³-hybridized carbons (Fsp3) is 0.348. The molecule has 0 aliphatic heterocycles. The predicted molar refractivity (Wildman–Crippen MR) is 108 cm³/mol. The van der Waals surface area contributed by atoms with Crippen LogP contribution in [0.3, 0.4) is 0 Å². The second-order valence-corrected chi connectivity index (χ2v) is 6.80. The van der Waals surface area contributed by atoms with Crippen molar-refractivity contribution in [2.24, 2.45) is 0 Å². The molecule has 3 rings (SSSR count). The Balaban J connectivity index is 1.98. The van der Waals surface area contributed by atoms with Crippen molar-refractivity contribution >= 4 is 16.7 Å². The van der Waals surface area contributed by atoms with Gasteiger partial charge in [-0.15, -0.1) is 6.58 Å². The SMILES string of the molecule is C=CCc1c(OC2C=CCCC2)ccc2cccc(CCNC(C)=O)c12. The van der Waals surface area contributed by atoms with Crippen LogP contribution in [-0.2, 0) is 17.6 Å². The van der Waals surface area contributed by atoms with E-state index in [0.717, 1.165) is 31.4 Å². The van der Waals surface area contributed by atoms with E-state index in [1.165, 1.54) is 28.3 Å². The van der Waals surface area contributed by atoms with E-state index < -0.39 is 0 Å². The van der Waals surface area contributed by atoms with Gasteiger partial charge in [0, 0.05) is 19.0 Å². The van der Waals surface area contributed by atoms with Crippen LogP contribution in [0.2, 0.25) is 0 Å². The third-order valence-corrected chi connectivity index (χ3v) is 4.80. The molecule has 0 spiro atoms. The van der Waals surface area contributed by atoms with E-state index in [1.54, 1.807) is 6.92 Å². The molecule has 0 radical (unpaired) electrons. The number of hydrogen-bond acceptors (Lipinski definition) is 2. The fourth-order valence-electron chi connectivity index (χ4n) is 3.60. The Morgan fingerprint density at radius 2 is 2.23 bits per heavy atom. The van der Waals surface area contributed by atoms with Crippen LogP contribution in [0.25, 0.3) is 10.8 Å². The highest BCUT2D eigenvalue weighted by molar-refractivity contribution is 5.91. The maximum atomic E-state index is 11.2. The summed E-state index contributed by atoms with van der Waals surface area (Å²) in [6, 6.07) is 10.6. The van der Waals surface area contributed by atoms with E-state index in [-0.39, 0.29) is 12.0 Å². The first-order valence-corrected chi connectivity index (χ1v) is 9.41. The van der Waals surface area contributed by atoms with Gasteiger partial charge in [-0.25, -0.2) is 0 Å². The molecular weight excluding hydrogens is 322 g/mol. The molecule has 3 nitrogen and oxygen atoms in total. The van der Waals surface area contributed by atoms with Gasteiger partial charge in [0.05, 0.1) is 0 Å². The van der Waals surface area contributed by atoms with Crippen molar-refractivity contribution in [3.05, 3.63) is 66.3 Å². The first kappa shape index (κ1) is 18.2. The number of hydrogen-bond donors (Lipinski definition) is 1. The number of allylic oxidation sites excluding steroid dienone is 2. The summed E-state index contributed by atoms with van der Waals surface area (Å²) >= 11 is 0. The van der Waals surface area contributed by atoms with Gasteiger partial charge in [-0.2, -0.15) is 0 Å². The molecule has 1 aliphatic carbocycles. The molecule has 3 heteroatoms. The lowest BCUT2D eigenvalue weighted by Gasteiger charge is -2.22. The smallest absolute Gasteiger partial charge is 0.216 e. The van der Waals surface area contributed by atoms with Crippen molar-refractivity contribution in [1.29, 1.82) is 0 Å². The van der Waals surface area contributed by atoms with Crippen LogP contribution in [0.1, 0.15) is 37.3 Å². The lowest BCUT2D eigenvalue weighted by Crippen LogP contribution is -2.22. The summed E-state index contributed by atoms with van der Waals surface area (Å²) < 4.78 is 6.34. The van der Waals surface area contributed by atoms with Gasteiger partial charge in [0.25, 0.3) is 0 Å². The van der Waals surface area contributed by atoms with E-state index in [4.69, 9.17) is 4.74 Å². The van der Waals surface area contributed by atoms with Crippen molar-refractivity contribution < 1.29 is 9.53 Å². The molecule has 136 valence electrons. The van der Waals surface area contributed by atoms with E-state index in [0.29, 0.717) is 6.54 Å². The number of nitrogens with one attached hydrogen (secondary N) is 1. The first-order valence-electron chi connectivity index (χ1n) is 9.41. The van der Waals surface area contributed by atoms with Crippen molar-refractivity contribution in [3.63, 3.8) is 0 Å². The molecule has 0 heterocycles. The van der Waals surface area contributed by atoms with Gasteiger partial charge < -0.3 is 10.1 Å². The van der Waals surface area contributed by atoms with Gasteiger partial charge in [0.15, 0.2) is 0 Å². The van der Waals surface area contributed by atoms with Gasteiger partial charge in [-0.3, -0.25) is 4.79 Å². The molecule has 0 saturated heterocycles. The molecule has 2 aromatic carbocycles. The summed E-state index contributed by atoms with van der Waals surface area (Å²) in [5.74, 6) is 0.950. The molecular formula is C23H27NO2. The highest BCUT2D eigenvalue weighted by Gasteiger charge is 2.16. The molecule has 26 heavy (non-hydrogen) atoms. The first-order chi connectivity index (χ1) is 12.7. The molecule has 0 bridgehead atoms. The molecule has 1 N–H and O–H groups in total. The van der Waals surface area contributed by atoms with Gasteiger partial charge in [-0.1, -0.05) is 36.4 Å². The van der Waals surface area contributed by atoms with Crippen LogP contribution in [0.4, 0.5) is 0 Å². The van der Waals surface area contributed by atoms with Gasteiger partial charge in [0.2, 0.25) is 5.91 Å². The molecule has 2 aromatic rings. The van der Waals surface area contributed by atoms with Crippen LogP contribution in [0, 0.1) is 0 Å². The standard InChI is InChI=1S/C23H27NO2/c1-3-8-21-22(26-20-11-5-4-6-12-20)14-13-18-9-7-10-19(23(18)21)15-16-24-17(2)25/h3,5,7,9-11,13-14,20H,1,4,6,8,12,15-16H2,2H3,(H,24,25). The molecule has 1 amide bonds. The highest BCUT2D eigenvalue weighted by Crippen LogP contribution is 2.33. The Hall–Kier alpha value is -2.55. The number of carbonyl (C=O) groups excluding carboxylic acids is 1. The third kappa shape index (κ3) is 4.34. The molecule has 1 atom stereocenters. The summed E-state index contributed by atoms with van der Waals surface area (Å²) in [6.45, 7) is 6.13. The summed E-state index contributed by atoms with van der Waals surface area (Å²) in [4.78, 5) is 11.2. The maximum absolute atomic E-state index is 11.2. The lowest BCUT2D eigenvalue weighted by molar-refractivity contribution is -0.118. The molecule has 1 unspecified atom stereocenters. The Morgan fingerprint density at radius 1 is 1.35 bits per heavy atom. The van der Waals surface area contributed by atoms with E-state index >= 15 is 0 Å². The molecule has 0 fully saturated rings. The zero-order valence-corrected chi connectivity index (χ0v) is 15.5. The number of benzene rings is 2. The Labute approximate surface area is 155 Å². The van der Waals surface area contributed by atoms with Crippen molar-refractivity contribution in [3.8, 4) is 5.75 Å². The number of carbonyl (C=O) groups is 1. The highest BCUT2D eigenvalue weighted by atomic mass is 16.5. The van der Waals surface area contributed by atoms with Crippen molar-refractivity contribution in [2.75, 3.05) is 6.54 Å². The minimum atomic E-state index is 0.00431. The topological polar surface area (TPSA) is 38.3 Å². The van der Waals surface area contributed by atoms with Gasteiger partial charge in [-0.05, 0) is 60.6 Å². The minimum absolute atomic E-state index is 0.00431. The van der Waals surface area contributed by atoms with Crippen molar-refractivity contribution in [2.45, 2.75) is 45.1 Å². The maximum Gasteiger partial charge on any atom is 0.216 e. The van der Waals surface area contributed by atoms with Crippen molar-refractivity contribution in [1.82, 2.24) is 5.32 Å². The normalized spacial score (nSPS) is 16.4. The molecule has 0 aromatic heterocycles. The summed E-state index contributed by atoms with van der Waals surface area (Å²) in [5, 5.41) is 5.33. The van der Waals surface area contributed by atoms with Gasteiger partial charge in [0.1, 0.15) is 11.9 Å². The van der Waals surface area contributed by atoms with Gasteiger partial charge >= 0.3 is 0 Å². The van der Waals surface area contributed by atoms with Crippen LogP contribution < -0.4 is 10.1 Å². The van der Waals surface area contributed by atoms with Crippen LogP contribution >= 0.6 is 0 Å². The summed E-state index contributed by atoms with van der Waals surface area (Å²) in [7, 11) is 0. The van der Waals surface area contributed by atoms with Crippen LogP contribution in [0.15, 0.2) is 55.1 Å². The zero-order valence-electron chi connectivity index (χ0n) is 15.5. The fourth-order valence-corrected chi connectivity index (χ4v) is 3.60. The number of amides is 1. The van der Waals surface area contributed by atoms with Crippen LogP contribution in [0.5, 0.6) is 5.75 Å². The zero-order chi connectivity index (χ0) is 18.4. The van der Waals surface area contributed by atoms with E-state index in [2.05, 4.69) is 54.4 Å². The average molecular weight is 349 g/mol. The Morgan fingerprint density at radius 3 is 2.96 bits per heavy atom. The van der Waals surface area contributed by atoms with E-state index in [1.807, 2.05) is 6.08 Å². The summed E-state index contributed by atoms with van der Waals surface area (Å²) in [6.07, 6.45) is 11.4. The lowest BCUT2D eigenvalue weighted by atomic mass is 9.94. The number of rotatable bonds is 7. The summed E-state index contributed by atoms with van der Waals surface area (Å²) in [5.41, 5.74) is 2.42. The van der Waals surface area contributed by atoms with E-state index in [9.17, 15) is 4.79 Å². The second kappa shape index (κ2) is 8.70. The molecule has 1 aliphatic rings. The Kier molecular flexibility index (Phi) is 6.11. The van der Waals surface area contributed by atoms with Crippen LogP contribution in [-0.4, -0.2) is 18.6 Å². The number of fused-ring (bicyclic) bond motifs is 1. The largest absolute Gasteiger partial charge is 0.486 e. The average Bonchev–Trinajstić information content (AvgIpc) is 2.64. The monoisotopic (exact) mass is 349 g/mol. The Bertz CT molecular complexity index is 822.